The van der Waals surface area contributed by atoms with E-state index in [0.717, 1.165) is 16.7 Å². The summed E-state index contributed by atoms with van der Waals surface area (Å²) in [5, 5.41) is 14.0. The van der Waals surface area contributed by atoms with E-state index in [1.54, 1.807) is 17.2 Å². The van der Waals surface area contributed by atoms with Crippen LogP contribution < -0.4 is 0 Å². The standard InChI is InChI=1S/C20H21N3O3/c1-22-9-17(8-21-22)19-11-23(10-18(19)12-24)20(25)15-4-2-3-14(7-15)16-5-6-26-13-16/h2-9,13,18-19,24H,10-12H2,1H3/t18-,19-/m0/s1. The Kier molecular flexibility index (Phi) is 4.34. The van der Waals surface area contributed by atoms with E-state index in [1.807, 2.05) is 54.7 Å². The fraction of sp³-hybridized carbons (Fsp3) is 0.300. The maximum Gasteiger partial charge on any atom is 0.253 e. The number of aromatic nitrogens is 2. The number of amides is 1. The zero-order chi connectivity index (χ0) is 18.1. The van der Waals surface area contributed by atoms with E-state index >= 15 is 0 Å². The number of nitrogens with zero attached hydrogens (tertiary/aromatic N) is 3. The van der Waals surface area contributed by atoms with Crippen molar-refractivity contribution >= 4 is 5.91 Å². The quantitative estimate of drug-likeness (QED) is 0.784. The van der Waals surface area contributed by atoms with Crippen molar-refractivity contribution in [3.63, 3.8) is 0 Å². The third-order valence-electron chi connectivity index (χ3n) is 5.08. The van der Waals surface area contributed by atoms with E-state index in [-0.39, 0.29) is 24.3 Å². The van der Waals surface area contributed by atoms with Crippen LogP contribution in [0.15, 0.2) is 59.7 Å². The second kappa shape index (κ2) is 6.80. The number of benzene rings is 1. The molecule has 3 heterocycles. The van der Waals surface area contributed by atoms with Crippen LogP contribution in [0.5, 0.6) is 0 Å². The van der Waals surface area contributed by atoms with Crippen LogP contribution in [-0.4, -0.2) is 45.4 Å². The number of aliphatic hydroxyl groups is 1. The molecule has 1 fully saturated rings. The summed E-state index contributed by atoms with van der Waals surface area (Å²) >= 11 is 0. The van der Waals surface area contributed by atoms with Gasteiger partial charge >= 0.3 is 0 Å². The summed E-state index contributed by atoms with van der Waals surface area (Å²) in [6, 6.07) is 9.43. The Morgan fingerprint density at radius 1 is 1.31 bits per heavy atom. The number of carbonyl (C=O) groups excluding carboxylic acids is 1. The second-order valence-corrected chi connectivity index (χ2v) is 6.80. The predicted molar refractivity (Wildman–Crippen MR) is 96.6 cm³/mol. The molecule has 0 unspecified atom stereocenters. The average molecular weight is 351 g/mol. The molecule has 6 heteroatoms. The van der Waals surface area contributed by atoms with Crippen LogP contribution in [0.1, 0.15) is 21.8 Å². The van der Waals surface area contributed by atoms with Gasteiger partial charge in [0.25, 0.3) is 5.91 Å². The molecule has 4 rings (SSSR count). The maximum absolute atomic E-state index is 13.0. The smallest absolute Gasteiger partial charge is 0.253 e. The SMILES string of the molecule is Cn1cc([C@@H]2CN(C(=O)c3cccc(-c4ccoc4)c3)C[C@H]2CO)cn1. The molecule has 26 heavy (non-hydrogen) atoms. The number of hydrogen-bond donors (Lipinski definition) is 1. The molecule has 1 N–H and O–H groups in total. The number of furan rings is 1. The molecule has 0 radical (unpaired) electrons. The Bertz CT molecular complexity index is 901. The summed E-state index contributed by atoms with van der Waals surface area (Å²) < 4.78 is 6.88. The highest BCUT2D eigenvalue weighted by molar-refractivity contribution is 5.95. The fourth-order valence-electron chi connectivity index (χ4n) is 3.67. The summed E-state index contributed by atoms with van der Waals surface area (Å²) in [6.45, 7) is 1.19. The van der Waals surface area contributed by atoms with Gasteiger partial charge in [0, 0.05) is 55.9 Å². The van der Waals surface area contributed by atoms with Crippen LogP contribution >= 0.6 is 0 Å². The Balaban J connectivity index is 1.56. The van der Waals surface area contributed by atoms with Crippen molar-refractivity contribution in [2.75, 3.05) is 19.7 Å². The molecule has 1 aromatic carbocycles. The highest BCUT2D eigenvalue weighted by Gasteiger charge is 2.36. The van der Waals surface area contributed by atoms with Crippen molar-refractivity contribution < 1.29 is 14.3 Å². The number of carbonyl (C=O) groups is 1. The van der Waals surface area contributed by atoms with Crippen molar-refractivity contribution in [1.82, 2.24) is 14.7 Å². The first kappa shape index (κ1) is 16.6. The summed E-state index contributed by atoms with van der Waals surface area (Å²) in [5.74, 6) is 0.120. The molecule has 0 aliphatic carbocycles. The van der Waals surface area contributed by atoms with Gasteiger partial charge < -0.3 is 14.4 Å². The molecular formula is C20H21N3O3. The molecule has 1 aliphatic rings. The molecule has 0 saturated carbocycles. The molecule has 2 atom stereocenters. The summed E-state index contributed by atoms with van der Waals surface area (Å²) in [4.78, 5) is 14.8. The molecule has 0 bridgehead atoms. The van der Waals surface area contributed by atoms with Crippen LogP contribution in [0.25, 0.3) is 11.1 Å². The molecule has 2 aromatic heterocycles. The van der Waals surface area contributed by atoms with Gasteiger partial charge in [-0.2, -0.15) is 5.10 Å². The van der Waals surface area contributed by atoms with Crippen molar-refractivity contribution in [2.24, 2.45) is 13.0 Å². The summed E-state index contributed by atoms with van der Waals surface area (Å²) in [7, 11) is 1.87. The van der Waals surface area contributed by atoms with Gasteiger partial charge in [0.2, 0.25) is 0 Å². The fourth-order valence-corrected chi connectivity index (χ4v) is 3.67. The molecule has 134 valence electrons. The minimum Gasteiger partial charge on any atom is -0.472 e. The third kappa shape index (κ3) is 3.04. The van der Waals surface area contributed by atoms with Crippen molar-refractivity contribution in [2.45, 2.75) is 5.92 Å². The highest BCUT2D eigenvalue weighted by Crippen LogP contribution is 2.33. The molecular weight excluding hydrogens is 330 g/mol. The normalized spacial score (nSPS) is 19.8. The van der Waals surface area contributed by atoms with Gasteiger partial charge in [-0.15, -0.1) is 0 Å². The molecule has 0 spiro atoms. The predicted octanol–water partition coefficient (Wildman–Crippen LogP) is 2.53. The Labute approximate surface area is 151 Å². The third-order valence-corrected chi connectivity index (χ3v) is 5.08. The first-order valence-electron chi connectivity index (χ1n) is 8.67. The average Bonchev–Trinajstić information content (AvgIpc) is 3.41. The van der Waals surface area contributed by atoms with Crippen molar-refractivity contribution in [1.29, 1.82) is 0 Å². The topological polar surface area (TPSA) is 71.5 Å². The van der Waals surface area contributed by atoms with E-state index in [0.29, 0.717) is 18.7 Å². The van der Waals surface area contributed by atoms with E-state index in [9.17, 15) is 9.90 Å². The number of likely N-dealkylation sites (tertiary alicyclic amines) is 1. The van der Waals surface area contributed by atoms with Gasteiger partial charge in [-0.3, -0.25) is 9.48 Å². The first-order chi connectivity index (χ1) is 12.7. The van der Waals surface area contributed by atoms with E-state index in [4.69, 9.17) is 4.42 Å². The number of rotatable bonds is 4. The van der Waals surface area contributed by atoms with Gasteiger partial charge in [-0.05, 0) is 29.3 Å². The van der Waals surface area contributed by atoms with Crippen molar-refractivity contribution in [3.05, 3.63) is 66.4 Å². The van der Waals surface area contributed by atoms with Gasteiger partial charge in [0.15, 0.2) is 0 Å². The zero-order valence-corrected chi connectivity index (χ0v) is 14.6. The lowest BCUT2D eigenvalue weighted by Gasteiger charge is -2.16. The Hall–Kier alpha value is -2.86. The minimum atomic E-state index is -0.0137. The molecule has 6 nitrogen and oxygen atoms in total. The largest absolute Gasteiger partial charge is 0.472 e. The first-order valence-corrected chi connectivity index (χ1v) is 8.67. The van der Waals surface area contributed by atoms with Crippen LogP contribution in [-0.2, 0) is 7.05 Å². The van der Waals surface area contributed by atoms with Crippen LogP contribution in [0.3, 0.4) is 0 Å². The van der Waals surface area contributed by atoms with Crippen molar-refractivity contribution in [3.8, 4) is 11.1 Å². The molecule has 1 amide bonds. The Morgan fingerprint density at radius 3 is 2.88 bits per heavy atom. The number of aliphatic hydroxyl groups excluding tert-OH is 1. The molecule has 1 aliphatic heterocycles. The van der Waals surface area contributed by atoms with Gasteiger partial charge in [-0.1, -0.05) is 12.1 Å². The lowest BCUT2D eigenvalue weighted by atomic mass is 9.92. The minimum absolute atomic E-state index is 0.0137. The van der Waals surface area contributed by atoms with Gasteiger partial charge in [-0.25, -0.2) is 0 Å². The Morgan fingerprint density at radius 2 is 2.19 bits per heavy atom. The van der Waals surface area contributed by atoms with E-state index < -0.39 is 0 Å². The van der Waals surface area contributed by atoms with E-state index in [1.165, 1.54) is 0 Å². The number of aryl methyl sites for hydroxylation is 1. The second-order valence-electron chi connectivity index (χ2n) is 6.80. The molecule has 1 saturated heterocycles. The van der Waals surface area contributed by atoms with Crippen LogP contribution in [0, 0.1) is 5.92 Å². The summed E-state index contributed by atoms with van der Waals surface area (Å²) in [6.07, 6.45) is 7.07. The molecule has 3 aromatic rings. The van der Waals surface area contributed by atoms with Crippen LogP contribution in [0.4, 0.5) is 0 Å². The maximum atomic E-state index is 13.0. The lowest BCUT2D eigenvalue weighted by molar-refractivity contribution is 0.0781. The van der Waals surface area contributed by atoms with Gasteiger partial charge in [0.1, 0.15) is 0 Å². The van der Waals surface area contributed by atoms with E-state index in [2.05, 4.69) is 5.10 Å². The highest BCUT2D eigenvalue weighted by atomic mass is 16.3. The summed E-state index contributed by atoms with van der Waals surface area (Å²) in [5.41, 5.74) is 3.61. The zero-order valence-electron chi connectivity index (χ0n) is 14.6. The number of hydrogen-bond acceptors (Lipinski definition) is 4. The van der Waals surface area contributed by atoms with Crippen LogP contribution in [0.2, 0.25) is 0 Å². The van der Waals surface area contributed by atoms with Gasteiger partial charge in [0.05, 0.1) is 18.7 Å². The lowest BCUT2D eigenvalue weighted by Crippen LogP contribution is -2.29. The monoisotopic (exact) mass is 351 g/mol.